The zero-order valence-electron chi connectivity index (χ0n) is 13.3. The molecule has 7 heteroatoms. The summed E-state index contributed by atoms with van der Waals surface area (Å²) in [5, 5.41) is 3.27. The normalized spacial score (nSPS) is 12.9. The van der Waals surface area contributed by atoms with Gasteiger partial charge in [-0.1, -0.05) is 19.9 Å². The largest absolute Gasteiger partial charge is 0.377 e. The maximum Gasteiger partial charge on any atom is 0.258 e. The average Bonchev–Trinajstić information content (AvgIpc) is 2.44. The minimum absolute atomic E-state index is 0.0164. The van der Waals surface area contributed by atoms with Gasteiger partial charge in [-0.15, -0.1) is 0 Å². The lowest BCUT2D eigenvalue weighted by Crippen LogP contribution is -2.39. The summed E-state index contributed by atoms with van der Waals surface area (Å²) in [6, 6.07) is 3.64. The number of nitrogens with one attached hydrogen (secondary N) is 2. The molecule has 2 N–H and O–H groups in total. The van der Waals surface area contributed by atoms with Gasteiger partial charge in [-0.05, 0) is 25.5 Å². The Morgan fingerprint density at radius 2 is 2.00 bits per heavy atom. The van der Waals surface area contributed by atoms with Crippen LogP contribution in [0.4, 0.5) is 0 Å². The summed E-state index contributed by atoms with van der Waals surface area (Å²) in [5.41, 5.74) is 0.383. The van der Waals surface area contributed by atoms with Crippen LogP contribution in [-0.2, 0) is 21.3 Å². The molecule has 0 bridgehead atoms. The molecule has 0 atom stereocenters. The number of pyridine rings is 1. The molecule has 0 fully saturated rings. The van der Waals surface area contributed by atoms with Crippen molar-refractivity contribution in [1.82, 2.24) is 15.0 Å². The van der Waals surface area contributed by atoms with E-state index in [1.54, 1.807) is 19.4 Å². The average molecular weight is 315 g/mol. The maximum absolute atomic E-state index is 12.1. The van der Waals surface area contributed by atoms with Crippen molar-refractivity contribution in [2.45, 2.75) is 50.9 Å². The van der Waals surface area contributed by atoms with E-state index >= 15 is 0 Å². The summed E-state index contributed by atoms with van der Waals surface area (Å²) >= 11 is 0. The van der Waals surface area contributed by atoms with Crippen molar-refractivity contribution < 1.29 is 13.2 Å². The van der Waals surface area contributed by atoms with E-state index in [1.807, 2.05) is 27.7 Å². The van der Waals surface area contributed by atoms with E-state index in [0.717, 1.165) is 5.56 Å². The van der Waals surface area contributed by atoms with Gasteiger partial charge in [0.15, 0.2) is 5.03 Å². The first-order valence-electron chi connectivity index (χ1n) is 6.89. The van der Waals surface area contributed by atoms with E-state index in [9.17, 15) is 8.42 Å². The molecule has 0 unspecified atom stereocenters. The Hall–Kier alpha value is -1.02. The molecule has 1 rings (SSSR count). The SMILES string of the molecule is COC(C)(C)CNS(=O)(=O)c1ccc(CNC(C)C)cn1. The van der Waals surface area contributed by atoms with Crippen molar-refractivity contribution in [2.24, 2.45) is 0 Å². The van der Waals surface area contributed by atoms with Gasteiger partial charge in [0.25, 0.3) is 10.0 Å². The topological polar surface area (TPSA) is 80.3 Å². The van der Waals surface area contributed by atoms with Gasteiger partial charge < -0.3 is 10.1 Å². The number of methoxy groups -OCH3 is 1. The Balaban J connectivity index is 2.71. The first-order chi connectivity index (χ1) is 9.66. The molecular weight excluding hydrogens is 290 g/mol. The molecule has 1 heterocycles. The number of nitrogens with zero attached hydrogens (tertiary/aromatic N) is 1. The number of hydrogen-bond donors (Lipinski definition) is 2. The van der Waals surface area contributed by atoms with Crippen LogP contribution in [-0.4, -0.2) is 38.7 Å². The lowest BCUT2D eigenvalue weighted by atomic mass is 10.1. The number of ether oxygens (including phenoxy) is 1. The summed E-state index contributed by atoms with van der Waals surface area (Å²) in [6.07, 6.45) is 1.57. The molecule has 6 nitrogen and oxygen atoms in total. The van der Waals surface area contributed by atoms with Gasteiger partial charge in [0.1, 0.15) is 0 Å². The van der Waals surface area contributed by atoms with Crippen molar-refractivity contribution >= 4 is 10.0 Å². The van der Waals surface area contributed by atoms with Gasteiger partial charge >= 0.3 is 0 Å². The van der Waals surface area contributed by atoms with Crippen LogP contribution >= 0.6 is 0 Å². The number of aromatic nitrogens is 1. The molecule has 0 aliphatic rings. The van der Waals surface area contributed by atoms with Crippen LogP contribution in [0.3, 0.4) is 0 Å². The Bertz CT molecular complexity index is 539. The van der Waals surface area contributed by atoms with Gasteiger partial charge in [-0.25, -0.2) is 18.1 Å². The third-order valence-electron chi connectivity index (χ3n) is 3.03. The molecule has 120 valence electrons. The van der Waals surface area contributed by atoms with Crippen LogP contribution in [0.1, 0.15) is 33.3 Å². The number of sulfonamides is 1. The second kappa shape index (κ2) is 7.31. The maximum atomic E-state index is 12.1. The zero-order valence-corrected chi connectivity index (χ0v) is 14.1. The standard InChI is InChI=1S/C14H25N3O3S/c1-11(2)15-8-12-6-7-13(16-9-12)21(18,19)17-10-14(3,4)20-5/h6-7,9,11,15,17H,8,10H2,1-5H3. The summed E-state index contributed by atoms with van der Waals surface area (Å²) in [5.74, 6) is 0. The minimum Gasteiger partial charge on any atom is -0.377 e. The van der Waals surface area contributed by atoms with Crippen molar-refractivity contribution in [1.29, 1.82) is 0 Å². The quantitative estimate of drug-likeness (QED) is 0.755. The van der Waals surface area contributed by atoms with E-state index in [2.05, 4.69) is 15.0 Å². The van der Waals surface area contributed by atoms with Gasteiger partial charge in [0.05, 0.1) is 5.60 Å². The summed E-state index contributed by atoms with van der Waals surface area (Å²) in [6.45, 7) is 8.56. The monoisotopic (exact) mass is 315 g/mol. The first-order valence-corrected chi connectivity index (χ1v) is 8.38. The zero-order chi connectivity index (χ0) is 16.1. The Labute approximate surface area is 127 Å². The molecule has 21 heavy (non-hydrogen) atoms. The van der Waals surface area contributed by atoms with Crippen molar-refractivity contribution in [2.75, 3.05) is 13.7 Å². The van der Waals surface area contributed by atoms with Crippen LogP contribution < -0.4 is 10.0 Å². The summed E-state index contributed by atoms with van der Waals surface area (Å²) < 4.78 is 31.9. The molecule has 0 aliphatic carbocycles. The number of rotatable bonds is 8. The highest BCUT2D eigenvalue weighted by Gasteiger charge is 2.22. The van der Waals surface area contributed by atoms with Crippen LogP contribution in [0.2, 0.25) is 0 Å². The second-order valence-electron chi connectivity index (χ2n) is 5.83. The highest BCUT2D eigenvalue weighted by molar-refractivity contribution is 7.89. The molecule has 0 aromatic carbocycles. The highest BCUT2D eigenvalue weighted by Crippen LogP contribution is 2.10. The van der Waals surface area contributed by atoms with E-state index in [4.69, 9.17) is 4.74 Å². The van der Waals surface area contributed by atoms with Crippen molar-refractivity contribution in [3.63, 3.8) is 0 Å². The smallest absolute Gasteiger partial charge is 0.258 e. The van der Waals surface area contributed by atoms with Crippen LogP contribution in [0.25, 0.3) is 0 Å². The Morgan fingerprint density at radius 1 is 1.33 bits per heavy atom. The van der Waals surface area contributed by atoms with Gasteiger partial charge in [-0.2, -0.15) is 0 Å². The minimum atomic E-state index is -3.61. The molecule has 1 aromatic rings. The molecule has 0 aliphatic heterocycles. The van der Waals surface area contributed by atoms with Crippen LogP contribution in [0, 0.1) is 0 Å². The lowest BCUT2D eigenvalue weighted by molar-refractivity contribution is 0.0276. The fourth-order valence-electron chi connectivity index (χ4n) is 1.41. The van der Waals surface area contributed by atoms with E-state index in [1.165, 1.54) is 6.07 Å². The first kappa shape index (κ1) is 18.0. The van der Waals surface area contributed by atoms with Gasteiger partial charge in [-0.3, -0.25) is 0 Å². The molecule has 0 saturated heterocycles. The fraction of sp³-hybridized carbons (Fsp3) is 0.643. The lowest BCUT2D eigenvalue weighted by Gasteiger charge is -2.22. The van der Waals surface area contributed by atoms with E-state index in [0.29, 0.717) is 12.6 Å². The van der Waals surface area contributed by atoms with Crippen molar-refractivity contribution in [3.8, 4) is 0 Å². The van der Waals surface area contributed by atoms with Crippen LogP contribution in [0.15, 0.2) is 23.4 Å². The molecule has 0 spiro atoms. The van der Waals surface area contributed by atoms with Crippen LogP contribution in [0.5, 0.6) is 0 Å². The van der Waals surface area contributed by atoms with Crippen molar-refractivity contribution in [3.05, 3.63) is 23.9 Å². The fourth-order valence-corrected chi connectivity index (χ4v) is 2.54. The molecule has 0 saturated carbocycles. The molecule has 1 aromatic heterocycles. The Kier molecular flexibility index (Phi) is 6.27. The molecular formula is C14H25N3O3S. The Morgan fingerprint density at radius 3 is 2.48 bits per heavy atom. The van der Waals surface area contributed by atoms with Gasteiger partial charge in [0.2, 0.25) is 0 Å². The summed E-state index contributed by atoms with van der Waals surface area (Å²) in [4.78, 5) is 4.02. The van der Waals surface area contributed by atoms with E-state index in [-0.39, 0.29) is 11.6 Å². The third kappa shape index (κ3) is 6.09. The van der Waals surface area contributed by atoms with E-state index < -0.39 is 15.6 Å². The summed E-state index contributed by atoms with van der Waals surface area (Å²) in [7, 11) is -2.07. The van der Waals surface area contributed by atoms with Gasteiger partial charge in [0, 0.05) is 32.4 Å². The third-order valence-corrected chi connectivity index (χ3v) is 4.34. The number of hydrogen-bond acceptors (Lipinski definition) is 5. The highest BCUT2D eigenvalue weighted by atomic mass is 32.2. The molecule has 0 radical (unpaired) electrons. The molecule has 0 amide bonds. The predicted molar refractivity (Wildman–Crippen MR) is 82.5 cm³/mol. The predicted octanol–water partition coefficient (Wildman–Crippen LogP) is 1.28. The second-order valence-corrected chi connectivity index (χ2v) is 7.54.